The van der Waals surface area contributed by atoms with Crippen LogP contribution in [0.5, 0.6) is 0 Å². The first-order chi connectivity index (χ1) is 19.8. The van der Waals surface area contributed by atoms with Crippen LogP contribution in [0.2, 0.25) is 0 Å². The smallest absolute Gasteiger partial charge is 0.0900 e. The van der Waals surface area contributed by atoms with Gasteiger partial charge in [-0.15, -0.1) is 30.8 Å². The van der Waals surface area contributed by atoms with Crippen LogP contribution < -0.4 is 0 Å². The average molecular weight is 628 g/mol. The molecule has 0 amide bonds. The maximum Gasteiger partial charge on any atom is 0.0900 e. The van der Waals surface area contributed by atoms with E-state index >= 15 is 0 Å². The minimum absolute atomic E-state index is 0.0439. The van der Waals surface area contributed by atoms with Gasteiger partial charge in [-0.1, -0.05) is 0 Å². The van der Waals surface area contributed by atoms with Crippen LogP contribution in [0.25, 0.3) is 0 Å². The summed E-state index contributed by atoms with van der Waals surface area (Å²) in [7, 11) is 0. The van der Waals surface area contributed by atoms with Gasteiger partial charge in [0.1, 0.15) is 0 Å². The highest BCUT2D eigenvalue weighted by molar-refractivity contribution is 5.01. The van der Waals surface area contributed by atoms with Gasteiger partial charge in [0.25, 0.3) is 0 Å². The number of piperidine rings is 3. The van der Waals surface area contributed by atoms with Crippen molar-refractivity contribution < 1.29 is 35.3 Å². The largest absolute Gasteiger partial charge is 0.389 e. The molecule has 3 saturated heterocycles. The Morgan fingerprint density at radius 2 is 0.795 bits per heavy atom. The van der Waals surface area contributed by atoms with E-state index in [4.69, 9.17) is 9.47 Å². The number of aliphatic hydroxyl groups is 2. The van der Waals surface area contributed by atoms with E-state index in [1.807, 2.05) is 83.1 Å². The number of ether oxygens (including phenoxy) is 2. The maximum atomic E-state index is 13.1. The molecule has 0 aromatic carbocycles. The number of aliphatic hydroxyl groups excluding tert-OH is 2. The van der Waals surface area contributed by atoms with Crippen molar-refractivity contribution >= 4 is 0 Å². The molecule has 11 nitrogen and oxygen atoms in total. The summed E-state index contributed by atoms with van der Waals surface area (Å²) in [5.41, 5.74) is -3.48. The Kier molecular flexibility index (Phi) is 11.4. The maximum absolute atomic E-state index is 13.1. The van der Waals surface area contributed by atoms with Gasteiger partial charge in [0.15, 0.2) is 0 Å². The lowest BCUT2D eigenvalue weighted by atomic mass is 9.78. The average Bonchev–Trinajstić information content (AvgIpc) is 2.85. The van der Waals surface area contributed by atoms with Gasteiger partial charge >= 0.3 is 0 Å². The van der Waals surface area contributed by atoms with Gasteiger partial charge in [-0.2, -0.15) is 0 Å². The van der Waals surface area contributed by atoms with Gasteiger partial charge in [0.05, 0.1) is 37.6 Å². The lowest BCUT2D eigenvalue weighted by molar-refractivity contribution is -0.302. The summed E-state index contributed by atoms with van der Waals surface area (Å²) in [6.45, 7) is 24.0. The number of hydrogen-bond donors (Lipinski definition) is 2. The SMILES string of the molecule is CC1(C)CC(OCC(O)CN(CC(O)COC2CC(C)(C)N([O])C(C)(C)C2)C2CC(C)(C)N([O])C(C)(C)C2)CC(C)(C)N1[O]. The molecule has 0 saturated carbocycles. The molecule has 3 heterocycles. The van der Waals surface area contributed by atoms with Crippen molar-refractivity contribution in [2.45, 2.75) is 185 Å². The third-order valence-electron chi connectivity index (χ3n) is 10.1. The molecule has 3 fully saturated rings. The molecule has 2 atom stereocenters. The third kappa shape index (κ3) is 8.92. The second-order valence-electron chi connectivity index (χ2n) is 17.8. The fraction of sp³-hybridized carbons (Fsp3) is 1.00. The van der Waals surface area contributed by atoms with E-state index in [1.165, 1.54) is 15.2 Å². The Morgan fingerprint density at radius 3 is 1.07 bits per heavy atom. The molecule has 3 aliphatic heterocycles. The predicted molar refractivity (Wildman–Crippen MR) is 167 cm³/mol. The monoisotopic (exact) mass is 627 g/mol. The van der Waals surface area contributed by atoms with E-state index < -0.39 is 45.4 Å². The van der Waals surface area contributed by atoms with E-state index in [-0.39, 0.29) is 44.6 Å². The number of rotatable bonds is 11. The van der Waals surface area contributed by atoms with Crippen LogP contribution in [0.3, 0.4) is 0 Å². The fourth-order valence-electron chi connectivity index (χ4n) is 8.56. The molecular weight excluding hydrogens is 564 g/mol. The van der Waals surface area contributed by atoms with Gasteiger partial charge in [-0.3, -0.25) is 4.90 Å². The third-order valence-corrected chi connectivity index (χ3v) is 10.1. The van der Waals surface area contributed by atoms with Crippen molar-refractivity contribution in [2.24, 2.45) is 0 Å². The first-order valence-corrected chi connectivity index (χ1v) is 16.5. The van der Waals surface area contributed by atoms with Crippen molar-refractivity contribution in [3.05, 3.63) is 0 Å². The fourth-order valence-corrected chi connectivity index (χ4v) is 8.56. The van der Waals surface area contributed by atoms with Crippen LogP contribution in [0, 0.1) is 0 Å². The summed E-state index contributed by atoms with van der Waals surface area (Å²) in [6, 6.07) is -0.0439. The molecule has 3 rings (SSSR count). The zero-order valence-electron chi connectivity index (χ0n) is 29.7. The summed E-state index contributed by atoms with van der Waals surface area (Å²) >= 11 is 0. The van der Waals surface area contributed by atoms with Gasteiger partial charge in [-0.25, -0.2) is 0 Å². The molecule has 3 radical (unpaired) electrons. The molecule has 0 aromatic rings. The number of hydrogen-bond acceptors (Lipinski definition) is 8. The summed E-state index contributed by atoms with van der Waals surface area (Å²) in [5.74, 6) is 0. The normalized spacial score (nSPS) is 29.6. The van der Waals surface area contributed by atoms with Crippen LogP contribution >= 0.6 is 0 Å². The highest BCUT2D eigenvalue weighted by atomic mass is 16.5. The Hall–Kier alpha value is -0.440. The molecule has 0 bridgehead atoms. The Labute approximate surface area is 266 Å². The quantitative estimate of drug-likeness (QED) is 0.350. The van der Waals surface area contributed by atoms with Crippen LogP contribution in [-0.2, 0) is 25.1 Å². The molecule has 257 valence electrons. The molecule has 0 aliphatic carbocycles. The van der Waals surface area contributed by atoms with Gasteiger partial charge in [0.2, 0.25) is 0 Å². The Bertz CT molecular complexity index is 848. The van der Waals surface area contributed by atoms with Gasteiger partial charge < -0.3 is 19.7 Å². The summed E-state index contributed by atoms with van der Waals surface area (Å²) in [6.07, 6.45) is 1.56. The van der Waals surface area contributed by atoms with Crippen molar-refractivity contribution in [2.75, 3.05) is 26.3 Å². The van der Waals surface area contributed by atoms with E-state index in [2.05, 4.69) is 4.90 Å². The van der Waals surface area contributed by atoms with Crippen LogP contribution in [0.1, 0.15) is 122 Å². The van der Waals surface area contributed by atoms with E-state index in [0.29, 0.717) is 38.5 Å². The zero-order valence-corrected chi connectivity index (χ0v) is 29.7. The first kappa shape index (κ1) is 38.0. The van der Waals surface area contributed by atoms with E-state index in [9.17, 15) is 25.8 Å². The highest BCUT2D eigenvalue weighted by Gasteiger charge is 2.50. The summed E-state index contributed by atoms with van der Waals surface area (Å²) in [4.78, 5) is 2.10. The highest BCUT2D eigenvalue weighted by Crippen LogP contribution is 2.41. The Morgan fingerprint density at radius 1 is 0.545 bits per heavy atom. The van der Waals surface area contributed by atoms with Crippen molar-refractivity contribution in [1.82, 2.24) is 20.1 Å². The van der Waals surface area contributed by atoms with Crippen molar-refractivity contribution in [1.29, 1.82) is 0 Å². The second kappa shape index (κ2) is 13.2. The summed E-state index contributed by atoms with van der Waals surface area (Å²) in [5, 5.41) is 64.6. The molecule has 2 unspecified atom stereocenters. The minimum atomic E-state index is -0.820. The van der Waals surface area contributed by atoms with Crippen LogP contribution in [-0.4, -0.2) is 120 Å². The van der Waals surface area contributed by atoms with Crippen molar-refractivity contribution in [3.8, 4) is 0 Å². The van der Waals surface area contributed by atoms with Gasteiger partial charge in [0, 0.05) is 52.4 Å². The predicted octanol–water partition coefficient (Wildman–Crippen LogP) is 4.14. The molecule has 0 spiro atoms. The minimum Gasteiger partial charge on any atom is -0.389 e. The van der Waals surface area contributed by atoms with Crippen molar-refractivity contribution in [3.63, 3.8) is 0 Å². The molecule has 11 heteroatoms. The molecule has 0 aromatic heterocycles. The topological polar surface area (TPSA) is 132 Å². The first-order valence-electron chi connectivity index (χ1n) is 16.5. The lowest BCUT2D eigenvalue weighted by Gasteiger charge is -2.53. The number of hydroxylamine groups is 6. The number of nitrogens with zero attached hydrogens (tertiary/aromatic N) is 4. The van der Waals surface area contributed by atoms with E-state index in [1.54, 1.807) is 0 Å². The van der Waals surface area contributed by atoms with Crippen LogP contribution in [0.15, 0.2) is 0 Å². The second-order valence-corrected chi connectivity index (χ2v) is 17.8. The van der Waals surface area contributed by atoms with Crippen LogP contribution in [0.4, 0.5) is 0 Å². The lowest BCUT2D eigenvalue weighted by Crippen LogP contribution is -2.63. The molecule has 44 heavy (non-hydrogen) atoms. The Balaban J connectivity index is 1.68. The molecule has 3 aliphatic rings. The van der Waals surface area contributed by atoms with Gasteiger partial charge in [-0.05, 0) is 122 Å². The standard InChI is InChI=1S/C33H63N4O7/c1-28(2)13-23(14-29(3,4)35(28)40)34(19-24(38)21-43-26-15-30(5,6)36(41)31(7,8)16-26)20-25(39)22-44-27-17-32(9,10)37(42)33(11,12)18-27/h23-27,38-39H,13-22H2,1-12H3. The van der Waals surface area contributed by atoms with E-state index in [0.717, 1.165) is 0 Å². The zero-order chi connectivity index (χ0) is 33.7. The molecular formula is C33H63N4O7. The molecule has 2 N–H and O–H groups in total. The summed E-state index contributed by atoms with van der Waals surface area (Å²) < 4.78 is 12.4.